The molecule has 0 spiro atoms. The van der Waals surface area contributed by atoms with Crippen molar-refractivity contribution in [2.75, 3.05) is 24.7 Å². The van der Waals surface area contributed by atoms with E-state index in [9.17, 15) is 29.4 Å². The third-order valence-corrected chi connectivity index (χ3v) is 9.87. The molecule has 4 unspecified atom stereocenters. The SMILES string of the molecule is Nc1nc2c(ncn2[C@@H]2OC3COP(O)(=S)O[C@@H]4C(COP(=O)(O)O[C@@H]2[C@@H]3O)O[C@@H](n2cnc3c(N)ncnc32)[C@@H]4O)c(=O)[nH]1. The number of anilines is 2. The van der Waals surface area contributed by atoms with Crippen molar-refractivity contribution in [3.63, 3.8) is 0 Å². The van der Waals surface area contributed by atoms with Gasteiger partial charge in [0.2, 0.25) is 5.95 Å². The molecule has 25 heteroatoms. The predicted octanol–water partition coefficient (Wildman–Crippen LogP) is -2.23. The molecule has 22 nitrogen and oxygen atoms in total. The van der Waals surface area contributed by atoms with Crippen molar-refractivity contribution < 1.29 is 52.1 Å². The summed E-state index contributed by atoms with van der Waals surface area (Å²) in [6.07, 6.45) is -8.15. The van der Waals surface area contributed by atoms with Gasteiger partial charge in [-0.1, -0.05) is 0 Å². The zero-order chi connectivity index (χ0) is 31.8. The van der Waals surface area contributed by atoms with E-state index in [1.54, 1.807) is 0 Å². The van der Waals surface area contributed by atoms with Crippen molar-refractivity contribution >= 4 is 60.4 Å². The summed E-state index contributed by atoms with van der Waals surface area (Å²) in [5.74, 6) is -0.189. The first kappa shape index (κ1) is 30.6. The highest BCUT2D eigenvalue weighted by Crippen LogP contribution is 2.53. The fourth-order valence-electron chi connectivity index (χ4n) is 5.30. The van der Waals surface area contributed by atoms with Crippen LogP contribution in [0.4, 0.5) is 11.8 Å². The van der Waals surface area contributed by atoms with E-state index >= 15 is 0 Å². The lowest BCUT2D eigenvalue weighted by Crippen LogP contribution is -2.36. The number of aromatic nitrogens is 8. The summed E-state index contributed by atoms with van der Waals surface area (Å²) in [6.45, 7) is -5.58. The van der Waals surface area contributed by atoms with E-state index in [4.69, 9.17) is 50.8 Å². The maximum atomic E-state index is 13.2. The zero-order valence-corrected chi connectivity index (χ0v) is 25.0. The number of hydrogen-bond acceptors (Lipinski definition) is 18. The van der Waals surface area contributed by atoms with Crippen molar-refractivity contribution in [2.45, 2.75) is 49.1 Å². The topological polar surface area (TPSA) is 313 Å². The van der Waals surface area contributed by atoms with Gasteiger partial charge in [0.25, 0.3) is 5.56 Å². The van der Waals surface area contributed by atoms with Crippen LogP contribution in [0.5, 0.6) is 0 Å². The van der Waals surface area contributed by atoms with Crippen LogP contribution in [0.3, 0.4) is 0 Å². The normalized spacial score (nSPS) is 37.7. The fraction of sp³-hybridized carbons (Fsp3) is 0.500. The number of nitrogen functional groups attached to an aromatic ring is 2. The van der Waals surface area contributed by atoms with Crippen LogP contribution in [0.2, 0.25) is 0 Å². The highest BCUT2D eigenvalue weighted by molar-refractivity contribution is 8.07. The molecule has 0 saturated carbocycles. The first-order valence-electron chi connectivity index (χ1n) is 13.0. The Kier molecular flexibility index (Phi) is 7.52. The smallest absolute Gasteiger partial charge is 0.387 e. The van der Waals surface area contributed by atoms with Crippen LogP contribution in [0.1, 0.15) is 12.5 Å². The molecule has 2 bridgehead atoms. The lowest BCUT2D eigenvalue weighted by atomic mass is 10.1. The number of nitrogens with zero attached hydrogens (tertiary/aromatic N) is 7. The number of nitrogens with two attached hydrogens (primary N) is 2. The number of imidazole rings is 2. The van der Waals surface area contributed by atoms with Crippen molar-refractivity contribution in [3.05, 3.63) is 29.3 Å². The summed E-state index contributed by atoms with van der Waals surface area (Å²) in [5.41, 5.74) is 11.0. The van der Waals surface area contributed by atoms with E-state index in [0.717, 1.165) is 10.9 Å². The molecule has 3 aliphatic heterocycles. The fourth-order valence-corrected chi connectivity index (χ4v) is 7.67. The van der Waals surface area contributed by atoms with Crippen molar-refractivity contribution in [2.24, 2.45) is 0 Å². The lowest BCUT2D eigenvalue weighted by molar-refractivity contribution is -0.0647. The number of phosphoric ester groups is 1. The zero-order valence-electron chi connectivity index (χ0n) is 22.4. The number of rotatable bonds is 2. The number of ether oxygens (including phenoxy) is 2. The maximum absolute atomic E-state index is 13.2. The molecule has 7 rings (SSSR count). The second-order valence-corrected chi connectivity index (χ2v) is 14.3. The monoisotopic (exact) mass is 690 g/mol. The van der Waals surface area contributed by atoms with Crippen molar-refractivity contribution in [3.8, 4) is 0 Å². The molecular formula is C20H24N10O12P2S. The molecule has 9 N–H and O–H groups in total. The van der Waals surface area contributed by atoms with Gasteiger partial charge < -0.3 is 45.5 Å². The Morgan fingerprint density at radius 3 is 2.36 bits per heavy atom. The minimum atomic E-state index is -5.06. The third kappa shape index (κ3) is 5.44. The van der Waals surface area contributed by atoms with E-state index in [0.29, 0.717) is 0 Å². The predicted molar refractivity (Wildman–Crippen MR) is 150 cm³/mol. The number of phosphoric acid groups is 1. The minimum absolute atomic E-state index is 0.0677. The first-order chi connectivity index (χ1) is 21.3. The maximum Gasteiger partial charge on any atom is 0.472 e. The Morgan fingerprint density at radius 1 is 0.889 bits per heavy atom. The van der Waals surface area contributed by atoms with Gasteiger partial charge in [0.15, 0.2) is 35.1 Å². The number of hydrogen-bond donors (Lipinski definition) is 7. The van der Waals surface area contributed by atoms with Crippen LogP contribution < -0.4 is 17.0 Å². The first-order valence-corrected chi connectivity index (χ1v) is 17.0. The lowest BCUT2D eigenvalue weighted by Gasteiger charge is -2.27. The highest BCUT2D eigenvalue weighted by atomic mass is 32.5. The summed E-state index contributed by atoms with van der Waals surface area (Å²) in [7, 11) is -5.06. The Labute approximate surface area is 254 Å². The van der Waals surface area contributed by atoms with Crippen molar-refractivity contribution in [1.29, 1.82) is 0 Å². The second kappa shape index (κ2) is 11.1. The molecule has 3 aliphatic rings. The number of aromatic amines is 1. The average Bonchev–Trinajstić information content (AvgIpc) is 3.72. The van der Waals surface area contributed by atoms with Gasteiger partial charge in [-0.05, 0) is 11.8 Å². The largest absolute Gasteiger partial charge is 0.472 e. The van der Waals surface area contributed by atoms with Gasteiger partial charge in [-0.2, -0.15) is 4.98 Å². The van der Waals surface area contributed by atoms with E-state index in [-0.39, 0.29) is 34.1 Å². The summed E-state index contributed by atoms with van der Waals surface area (Å²) >= 11 is 5.18. The number of H-pyrrole nitrogens is 1. The quantitative estimate of drug-likeness (QED) is 0.109. The summed E-state index contributed by atoms with van der Waals surface area (Å²) in [6, 6.07) is 0. The van der Waals surface area contributed by atoms with Crippen LogP contribution in [-0.4, -0.2) is 109 Å². The molecule has 0 aromatic carbocycles. The molecule has 4 aromatic heterocycles. The average molecular weight is 690 g/mol. The van der Waals surface area contributed by atoms with E-state index in [1.165, 1.54) is 17.2 Å². The van der Waals surface area contributed by atoms with Gasteiger partial charge in [0, 0.05) is 0 Å². The standard InChI is InChI=1S/C20H24N10O12P2S/c21-14-8-15(24-3-23-14)29(4-25-8)18-11(32)12-7(40-18)2-37-43(34,35)41-13-10(31)6(1-38-44(36,45)42-12)39-19(13)30-5-26-9-16(30)27-20(22)28-17(9)33/h3-7,10-13,18-19,31-32H,1-2H2,(H,34,35)(H,36,45)(H2,21,23,24)(H3,22,27,28,33)/t6?,7?,10-,11-,12-,13-,18-,19-,44?/m1/s1. The molecule has 7 heterocycles. The van der Waals surface area contributed by atoms with Crippen LogP contribution in [0, 0.1) is 0 Å². The molecule has 3 fully saturated rings. The van der Waals surface area contributed by atoms with Crippen LogP contribution in [0.25, 0.3) is 22.3 Å². The third-order valence-electron chi connectivity index (χ3n) is 7.32. The van der Waals surface area contributed by atoms with Gasteiger partial charge in [-0.3, -0.25) is 32.5 Å². The van der Waals surface area contributed by atoms with Crippen LogP contribution in [0.15, 0.2) is 23.8 Å². The number of fused-ring (bicyclic) bond motifs is 5. The molecule has 0 aliphatic carbocycles. The Hall–Kier alpha value is -3.02. The molecule has 4 aromatic rings. The second-order valence-electron chi connectivity index (χ2n) is 10.1. The molecule has 45 heavy (non-hydrogen) atoms. The Balaban J connectivity index is 1.21. The Bertz CT molecular complexity index is 1940. The number of aliphatic hydroxyl groups is 2. The molecule has 0 amide bonds. The molecule has 3 saturated heterocycles. The Morgan fingerprint density at radius 2 is 1.58 bits per heavy atom. The minimum Gasteiger partial charge on any atom is -0.387 e. The van der Waals surface area contributed by atoms with E-state index in [2.05, 4.69) is 29.9 Å². The van der Waals surface area contributed by atoms with Gasteiger partial charge in [0.1, 0.15) is 48.5 Å². The summed E-state index contributed by atoms with van der Waals surface area (Å²) in [4.78, 5) is 56.4. The summed E-state index contributed by atoms with van der Waals surface area (Å²) in [5, 5.41) is 22.3. The number of nitrogens with one attached hydrogen (secondary N) is 1. The van der Waals surface area contributed by atoms with Crippen LogP contribution >= 0.6 is 14.5 Å². The molecule has 10 atom stereocenters. The highest BCUT2D eigenvalue weighted by Gasteiger charge is 2.53. The van der Waals surface area contributed by atoms with Crippen LogP contribution in [-0.2, 0) is 43.9 Å². The van der Waals surface area contributed by atoms with Gasteiger partial charge in [0.05, 0.1) is 25.9 Å². The van der Waals surface area contributed by atoms with Crippen molar-refractivity contribution in [1.82, 2.24) is 39.0 Å². The van der Waals surface area contributed by atoms with E-state index < -0.39 is 82.4 Å². The molecule has 0 radical (unpaired) electrons. The molecular weight excluding hydrogens is 666 g/mol. The van der Waals surface area contributed by atoms with Gasteiger partial charge in [-0.15, -0.1) is 0 Å². The molecule has 242 valence electrons. The number of aliphatic hydroxyl groups excluding tert-OH is 2. The van der Waals surface area contributed by atoms with E-state index in [1.807, 2.05) is 0 Å². The van der Waals surface area contributed by atoms with Gasteiger partial charge in [-0.25, -0.2) is 24.5 Å². The van der Waals surface area contributed by atoms with Gasteiger partial charge >= 0.3 is 14.5 Å². The summed E-state index contributed by atoms with van der Waals surface area (Å²) < 4.78 is 49.2.